The van der Waals surface area contributed by atoms with Gasteiger partial charge in [0.2, 0.25) is 15.9 Å². The summed E-state index contributed by atoms with van der Waals surface area (Å²) in [4.78, 5) is 23.8. The molecular formula is C32H37Cl2FN2O6S. The smallest absolute Gasteiger partial charge is 0.300 e. The molecule has 238 valence electrons. The number of carbonyl (C=O) groups is 2. The highest BCUT2D eigenvalue weighted by atomic mass is 35.5. The SMILES string of the molecule is CC(=O)O.CC(C)C(CN(c1ccccc1F)S(=O)(=O)C1CC1)N1C(=O)COC[C@H]1c1ccc(Cl)cc1.Clc1ccccc1. The van der Waals surface area contributed by atoms with E-state index < -0.39 is 39.1 Å². The minimum absolute atomic E-state index is 0.0128. The Morgan fingerprint density at radius 2 is 1.55 bits per heavy atom. The molecule has 0 bridgehead atoms. The van der Waals surface area contributed by atoms with Crippen molar-refractivity contribution in [3.63, 3.8) is 0 Å². The zero-order valence-electron chi connectivity index (χ0n) is 24.8. The Labute approximate surface area is 268 Å². The number of carboxylic acid groups (broad SMARTS) is 1. The molecule has 2 atom stereocenters. The Morgan fingerprint density at radius 3 is 2.05 bits per heavy atom. The van der Waals surface area contributed by atoms with Crippen LogP contribution in [-0.4, -0.2) is 61.4 Å². The number of aliphatic carboxylic acids is 1. The highest BCUT2D eigenvalue weighted by molar-refractivity contribution is 7.93. The summed E-state index contributed by atoms with van der Waals surface area (Å²) in [5.74, 6) is -1.76. The molecule has 12 heteroatoms. The van der Waals surface area contributed by atoms with Gasteiger partial charge in [0.05, 0.1) is 36.2 Å². The van der Waals surface area contributed by atoms with E-state index in [2.05, 4.69) is 0 Å². The lowest BCUT2D eigenvalue weighted by molar-refractivity contribution is -0.153. The van der Waals surface area contributed by atoms with Crippen LogP contribution in [0.25, 0.3) is 0 Å². The number of anilines is 1. The van der Waals surface area contributed by atoms with Gasteiger partial charge < -0.3 is 14.7 Å². The predicted molar refractivity (Wildman–Crippen MR) is 171 cm³/mol. The van der Waals surface area contributed by atoms with Gasteiger partial charge in [-0.05, 0) is 60.7 Å². The van der Waals surface area contributed by atoms with Gasteiger partial charge in [-0.3, -0.25) is 13.9 Å². The quantitative estimate of drug-likeness (QED) is 0.283. The zero-order chi connectivity index (χ0) is 32.4. The molecule has 1 saturated heterocycles. The molecule has 0 spiro atoms. The number of carboxylic acids is 1. The van der Waals surface area contributed by atoms with E-state index in [4.69, 9.17) is 37.8 Å². The van der Waals surface area contributed by atoms with E-state index in [1.165, 1.54) is 22.5 Å². The first kappa shape index (κ1) is 35.3. The van der Waals surface area contributed by atoms with E-state index >= 15 is 0 Å². The van der Waals surface area contributed by atoms with Gasteiger partial charge in [-0.15, -0.1) is 0 Å². The zero-order valence-corrected chi connectivity index (χ0v) is 27.1. The van der Waals surface area contributed by atoms with Crippen LogP contribution in [-0.2, 0) is 24.3 Å². The largest absolute Gasteiger partial charge is 0.481 e. The number of para-hydroxylation sites is 1. The summed E-state index contributed by atoms with van der Waals surface area (Å²) < 4.78 is 48.3. The monoisotopic (exact) mass is 666 g/mol. The van der Waals surface area contributed by atoms with Crippen molar-refractivity contribution in [1.82, 2.24) is 4.90 Å². The summed E-state index contributed by atoms with van der Waals surface area (Å²) in [6, 6.07) is 21.6. The first-order chi connectivity index (χ1) is 20.8. The molecule has 1 N–H and O–H groups in total. The van der Waals surface area contributed by atoms with Gasteiger partial charge in [-0.25, -0.2) is 12.8 Å². The van der Waals surface area contributed by atoms with Crippen LogP contribution < -0.4 is 4.31 Å². The van der Waals surface area contributed by atoms with Crippen molar-refractivity contribution in [1.29, 1.82) is 0 Å². The molecular weight excluding hydrogens is 630 g/mol. The molecule has 1 aliphatic heterocycles. The molecule has 1 heterocycles. The number of amides is 1. The lowest BCUT2D eigenvalue weighted by atomic mass is 9.96. The van der Waals surface area contributed by atoms with E-state index in [9.17, 15) is 17.6 Å². The van der Waals surface area contributed by atoms with Gasteiger partial charge in [-0.2, -0.15) is 0 Å². The summed E-state index contributed by atoms with van der Waals surface area (Å²) in [6.07, 6.45) is 1.12. The van der Waals surface area contributed by atoms with Gasteiger partial charge in [0.25, 0.3) is 5.97 Å². The van der Waals surface area contributed by atoms with E-state index in [0.717, 1.165) is 17.5 Å². The number of hydrogen-bond donors (Lipinski definition) is 1. The third-order valence-electron chi connectivity index (χ3n) is 6.97. The molecule has 1 aliphatic carbocycles. The summed E-state index contributed by atoms with van der Waals surface area (Å²) in [5.41, 5.74) is 0.861. The molecule has 3 aromatic rings. The molecule has 8 nitrogen and oxygen atoms in total. The number of ether oxygens (including phenoxy) is 1. The van der Waals surface area contributed by atoms with E-state index in [1.54, 1.807) is 23.1 Å². The van der Waals surface area contributed by atoms with E-state index in [-0.39, 0.29) is 37.3 Å². The van der Waals surface area contributed by atoms with Gasteiger partial charge in [0, 0.05) is 17.0 Å². The Balaban J connectivity index is 0.000000407. The van der Waals surface area contributed by atoms with Crippen molar-refractivity contribution < 1.29 is 32.2 Å². The topological polar surface area (TPSA) is 104 Å². The van der Waals surface area contributed by atoms with Gasteiger partial charge in [0.1, 0.15) is 12.4 Å². The molecule has 5 rings (SSSR count). The lowest BCUT2D eigenvalue weighted by Gasteiger charge is -2.44. The molecule has 0 aromatic heterocycles. The van der Waals surface area contributed by atoms with E-state index in [0.29, 0.717) is 17.9 Å². The third-order valence-corrected chi connectivity index (χ3v) is 9.74. The lowest BCUT2D eigenvalue weighted by Crippen LogP contribution is -2.56. The molecule has 1 unspecified atom stereocenters. The Morgan fingerprint density at radius 1 is 1.00 bits per heavy atom. The summed E-state index contributed by atoms with van der Waals surface area (Å²) in [6.45, 7) is 5.13. The van der Waals surface area contributed by atoms with Crippen molar-refractivity contribution in [2.45, 2.75) is 50.9 Å². The minimum atomic E-state index is -3.77. The highest BCUT2D eigenvalue weighted by Gasteiger charge is 2.44. The van der Waals surface area contributed by atoms with Crippen LogP contribution in [0, 0.1) is 11.7 Å². The van der Waals surface area contributed by atoms with E-state index in [1.807, 2.05) is 56.3 Å². The van der Waals surface area contributed by atoms with Crippen LogP contribution in [0.5, 0.6) is 0 Å². The average molecular weight is 668 g/mol. The fraction of sp³-hybridized carbons (Fsp3) is 0.375. The second-order valence-electron chi connectivity index (χ2n) is 10.7. The highest BCUT2D eigenvalue weighted by Crippen LogP contribution is 2.37. The molecule has 2 fully saturated rings. The number of halogens is 3. The van der Waals surface area contributed by atoms with Crippen LogP contribution in [0.4, 0.5) is 10.1 Å². The predicted octanol–water partition coefficient (Wildman–Crippen LogP) is 6.83. The average Bonchev–Trinajstić information content (AvgIpc) is 3.82. The molecule has 44 heavy (non-hydrogen) atoms. The van der Waals surface area contributed by atoms with Gasteiger partial charge in [-0.1, -0.05) is 79.5 Å². The number of hydrogen-bond acceptors (Lipinski definition) is 5. The second-order valence-corrected chi connectivity index (χ2v) is 13.7. The van der Waals surface area contributed by atoms with Crippen LogP contribution in [0.15, 0.2) is 78.9 Å². The van der Waals surface area contributed by atoms with Crippen molar-refractivity contribution in [3.8, 4) is 0 Å². The van der Waals surface area contributed by atoms with Gasteiger partial charge in [0.15, 0.2) is 0 Å². The normalized spacial score (nSPS) is 17.1. The Bertz CT molecular complexity index is 1480. The van der Waals surface area contributed by atoms with Crippen molar-refractivity contribution in [2.24, 2.45) is 5.92 Å². The molecule has 1 saturated carbocycles. The molecule has 0 radical (unpaired) electrons. The Hall–Kier alpha value is -3.18. The molecule has 3 aromatic carbocycles. The summed E-state index contributed by atoms with van der Waals surface area (Å²) in [5, 5.41) is 8.27. The van der Waals surface area contributed by atoms with Crippen molar-refractivity contribution in [2.75, 3.05) is 24.1 Å². The summed E-state index contributed by atoms with van der Waals surface area (Å²) >= 11 is 11.6. The fourth-order valence-corrected chi connectivity index (χ4v) is 6.83. The van der Waals surface area contributed by atoms with Gasteiger partial charge >= 0.3 is 0 Å². The second kappa shape index (κ2) is 16.2. The van der Waals surface area contributed by atoms with Crippen molar-refractivity contribution in [3.05, 3.63) is 100 Å². The third kappa shape index (κ3) is 9.92. The first-order valence-corrected chi connectivity index (χ1v) is 16.4. The maximum absolute atomic E-state index is 14.8. The minimum Gasteiger partial charge on any atom is -0.481 e. The number of carbonyl (C=O) groups excluding carboxylic acids is 1. The molecule has 1 amide bonds. The number of benzene rings is 3. The number of morpholine rings is 1. The number of nitrogens with zero attached hydrogens (tertiary/aromatic N) is 2. The molecule has 2 aliphatic rings. The van der Waals surface area contributed by atoms with Crippen molar-refractivity contribution >= 4 is 50.8 Å². The van der Waals surface area contributed by atoms with Crippen LogP contribution in [0.3, 0.4) is 0 Å². The Kier molecular flexibility index (Phi) is 13.0. The maximum Gasteiger partial charge on any atom is 0.300 e. The fourth-order valence-electron chi connectivity index (χ4n) is 4.69. The number of rotatable bonds is 8. The summed E-state index contributed by atoms with van der Waals surface area (Å²) in [7, 11) is -3.77. The van der Waals surface area contributed by atoms with Crippen LogP contribution in [0.1, 0.15) is 45.2 Å². The van der Waals surface area contributed by atoms with Crippen LogP contribution in [0.2, 0.25) is 10.0 Å². The maximum atomic E-state index is 14.8. The number of sulfonamides is 1. The standard InChI is InChI=1S/C24H28ClFN2O4S.C6H5Cl.C2H4O2/c1-16(2)22(28-23(14-32-15-24(28)29)17-7-9-18(25)10-8-17)13-27(33(30,31)19-11-12-19)21-6-4-3-5-20(21)26;7-6-4-2-1-3-5-6;1-2(3)4/h3-10,16,19,22-23H,11-15H2,1-2H3;1-5H;1H3,(H,3,4)/t22?,23-;;/m0../s1. The first-order valence-electron chi connectivity index (χ1n) is 14.1. The van der Waals surface area contributed by atoms with Crippen LogP contribution >= 0.6 is 23.2 Å².